The van der Waals surface area contributed by atoms with Gasteiger partial charge in [0.05, 0.1) is 6.61 Å². The van der Waals surface area contributed by atoms with Gasteiger partial charge in [0.15, 0.2) is 0 Å². The van der Waals surface area contributed by atoms with Crippen molar-refractivity contribution < 1.29 is 9.84 Å². The molecule has 1 unspecified atom stereocenters. The molecule has 1 N–H and O–H groups in total. The standard InChI is InChI=1S/C18H25NO2/c1-16-5-4-11-19(15-16)12-14-21-18-9-7-17(8-10-18)6-2-3-13-20/h7-10,16,20H,3-5,11-15H2,1H3. The summed E-state index contributed by atoms with van der Waals surface area (Å²) in [6.07, 6.45) is 3.19. The molecule has 0 saturated carbocycles. The molecule has 0 spiro atoms. The Hall–Kier alpha value is -1.50. The fourth-order valence-corrected chi connectivity index (χ4v) is 2.64. The molecule has 0 aromatic heterocycles. The van der Waals surface area contributed by atoms with Crippen LogP contribution >= 0.6 is 0 Å². The maximum absolute atomic E-state index is 8.68. The van der Waals surface area contributed by atoms with Crippen molar-refractivity contribution in [1.29, 1.82) is 0 Å². The first-order valence-electron chi connectivity index (χ1n) is 7.83. The number of hydrogen-bond donors (Lipinski definition) is 1. The van der Waals surface area contributed by atoms with E-state index in [-0.39, 0.29) is 6.61 Å². The second kappa shape index (κ2) is 8.71. The minimum atomic E-state index is 0.114. The third-order valence-electron chi connectivity index (χ3n) is 3.74. The molecule has 1 aliphatic heterocycles. The molecule has 1 saturated heterocycles. The third-order valence-corrected chi connectivity index (χ3v) is 3.74. The number of rotatable bonds is 5. The lowest BCUT2D eigenvalue weighted by molar-refractivity contribution is 0.153. The number of piperidine rings is 1. The van der Waals surface area contributed by atoms with E-state index in [1.807, 2.05) is 24.3 Å². The topological polar surface area (TPSA) is 32.7 Å². The lowest BCUT2D eigenvalue weighted by atomic mass is 10.0. The molecule has 1 aromatic carbocycles. The Labute approximate surface area is 127 Å². The average molecular weight is 287 g/mol. The minimum absolute atomic E-state index is 0.114. The van der Waals surface area contributed by atoms with E-state index in [1.54, 1.807) is 0 Å². The summed E-state index contributed by atoms with van der Waals surface area (Å²) in [6.45, 7) is 6.58. The molecule has 0 bridgehead atoms. The Bertz CT molecular complexity index is 472. The van der Waals surface area contributed by atoms with Gasteiger partial charge in [0.2, 0.25) is 0 Å². The average Bonchev–Trinajstić information content (AvgIpc) is 2.49. The van der Waals surface area contributed by atoms with Crippen LogP contribution in [-0.2, 0) is 0 Å². The van der Waals surface area contributed by atoms with E-state index in [2.05, 4.69) is 23.7 Å². The fourth-order valence-electron chi connectivity index (χ4n) is 2.64. The van der Waals surface area contributed by atoms with Crippen LogP contribution in [0.5, 0.6) is 5.75 Å². The molecule has 0 aliphatic carbocycles. The Balaban J connectivity index is 1.72. The van der Waals surface area contributed by atoms with Crippen LogP contribution in [0.15, 0.2) is 24.3 Å². The molecule has 114 valence electrons. The van der Waals surface area contributed by atoms with Crippen molar-refractivity contribution in [2.45, 2.75) is 26.2 Å². The number of hydrogen-bond acceptors (Lipinski definition) is 3. The van der Waals surface area contributed by atoms with E-state index in [9.17, 15) is 0 Å². The SMILES string of the molecule is CC1CCCN(CCOc2ccc(C#CCCO)cc2)C1. The number of aliphatic hydroxyl groups excluding tert-OH is 1. The molecule has 3 heteroatoms. The lowest BCUT2D eigenvalue weighted by Gasteiger charge is -2.30. The number of aliphatic hydroxyl groups is 1. The number of benzene rings is 1. The summed E-state index contributed by atoms with van der Waals surface area (Å²) < 4.78 is 5.79. The van der Waals surface area contributed by atoms with Crippen LogP contribution in [0.3, 0.4) is 0 Å². The van der Waals surface area contributed by atoms with Gasteiger partial charge in [-0.15, -0.1) is 0 Å². The van der Waals surface area contributed by atoms with Crippen LogP contribution in [-0.4, -0.2) is 42.9 Å². The van der Waals surface area contributed by atoms with Crippen LogP contribution in [0, 0.1) is 17.8 Å². The highest BCUT2D eigenvalue weighted by molar-refractivity contribution is 5.38. The highest BCUT2D eigenvalue weighted by Crippen LogP contribution is 2.15. The molecule has 1 heterocycles. The highest BCUT2D eigenvalue weighted by atomic mass is 16.5. The number of likely N-dealkylation sites (tertiary alicyclic amines) is 1. The van der Waals surface area contributed by atoms with E-state index >= 15 is 0 Å². The van der Waals surface area contributed by atoms with Crippen molar-refractivity contribution in [2.75, 3.05) is 32.8 Å². The summed E-state index contributed by atoms with van der Waals surface area (Å²) in [5.74, 6) is 7.64. The van der Waals surface area contributed by atoms with Crippen molar-refractivity contribution in [1.82, 2.24) is 4.90 Å². The van der Waals surface area contributed by atoms with Gasteiger partial charge in [-0.25, -0.2) is 0 Å². The van der Waals surface area contributed by atoms with Gasteiger partial charge in [-0.2, -0.15) is 0 Å². The molecule has 0 radical (unpaired) electrons. The summed E-state index contributed by atoms with van der Waals surface area (Å²) in [5.41, 5.74) is 0.959. The minimum Gasteiger partial charge on any atom is -0.492 e. The normalized spacial score (nSPS) is 18.9. The van der Waals surface area contributed by atoms with Gasteiger partial charge < -0.3 is 9.84 Å². The molecular formula is C18H25NO2. The van der Waals surface area contributed by atoms with Gasteiger partial charge in [0, 0.05) is 25.1 Å². The summed E-state index contributed by atoms with van der Waals surface area (Å²) in [5, 5.41) is 8.68. The van der Waals surface area contributed by atoms with Crippen molar-refractivity contribution in [3.05, 3.63) is 29.8 Å². The van der Waals surface area contributed by atoms with Crippen molar-refractivity contribution in [3.63, 3.8) is 0 Å². The zero-order chi connectivity index (χ0) is 14.9. The van der Waals surface area contributed by atoms with Crippen molar-refractivity contribution in [3.8, 4) is 17.6 Å². The van der Waals surface area contributed by atoms with Crippen LogP contribution in [0.1, 0.15) is 31.7 Å². The zero-order valence-electron chi connectivity index (χ0n) is 12.8. The predicted octanol–water partition coefficient (Wildman–Crippen LogP) is 2.53. The Kier molecular flexibility index (Phi) is 6.59. The molecule has 3 nitrogen and oxygen atoms in total. The molecule has 2 rings (SSSR count). The molecule has 1 atom stereocenters. The largest absolute Gasteiger partial charge is 0.492 e. The van der Waals surface area contributed by atoms with Crippen LogP contribution in [0.4, 0.5) is 0 Å². The van der Waals surface area contributed by atoms with E-state index in [0.29, 0.717) is 6.42 Å². The first kappa shape index (κ1) is 15.9. The van der Waals surface area contributed by atoms with Crippen LogP contribution in [0.2, 0.25) is 0 Å². The van der Waals surface area contributed by atoms with Crippen molar-refractivity contribution in [2.24, 2.45) is 5.92 Å². The second-order valence-corrected chi connectivity index (χ2v) is 5.70. The maximum atomic E-state index is 8.68. The molecule has 1 aliphatic rings. The summed E-state index contributed by atoms with van der Waals surface area (Å²) in [4.78, 5) is 2.49. The van der Waals surface area contributed by atoms with Gasteiger partial charge in [0.1, 0.15) is 12.4 Å². The van der Waals surface area contributed by atoms with Gasteiger partial charge in [-0.1, -0.05) is 18.8 Å². The first-order valence-corrected chi connectivity index (χ1v) is 7.83. The maximum Gasteiger partial charge on any atom is 0.119 e. The van der Waals surface area contributed by atoms with E-state index in [1.165, 1.54) is 25.9 Å². The zero-order valence-corrected chi connectivity index (χ0v) is 12.8. The van der Waals surface area contributed by atoms with Gasteiger partial charge in [-0.3, -0.25) is 4.90 Å². The highest BCUT2D eigenvalue weighted by Gasteiger charge is 2.15. The number of ether oxygens (including phenoxy) is 1. The Morgan fingerprint density at radius 3 is 2.86 bits per heavy atom. The first-order chi connectivity index (χ1) is 10.3. The monoisotopic (exact) mass is 287 g/mol. The summed E-state index contributed by atoms with van der Waals surface area (Å²) in [6, 6.07) is 7.84. The van der Waals surface area contributed by atoms with Gasteiger partial charge in [0.25, 0.3) is 0 Å². The smallest absolute Gasteiger partial charge is 0.119 e. The van der Waals surface area contributed by atoms with Crippen LogP contribution in [0.25, 0.3) is 0 Å². The van der Waals surface area contributed by atoms with E-state index in [0.717, 1.165) is 30.4 Å². The third kappa shape index (κ3) is 5.79. The molecular weight excluding hydrogens is 262 g/mol. The van der Waals surface area contributed by atoms with Crippen molar-refractivity contribution >= 4 is 0 Å². The van der Waals surface area contributed by atoms with Gasteiger partial charge in [-0.05, 0) is 49.6 Å². The molecule has 0 amide bonds. The second-order valence-electron chi connectivity index (χ2n) is 5.70. The van der Waals surface area contributed by atoms with E-state index in [4.69, 9.17) is 9.84 Å². The summed E-state index contributed by atoms with van der Waals surface area (Å²) >= 11 is 0. The number of nitrogens with zero attached hydrogens (tertiary/aromatic N) is 1. The van der Waals surface area contributed by atoms with E-state index < -0.39 is 0 Å². The Morgan fingerprint density at radius 1 is 1.33 bits per heavy atom. The molecule has 21 heavy (non-hydrogen) atoms. The molecule has 1 fully saturated rings. The Morgan fingerprint density at radius 2 is 2.14 bits per heavy atom. The fraction of sp³-hybridized carbons (Fsp3) is 0.556. The predicted molar refractivity (Wildman–Crippen MR) is 85.4 cm³/mol. The van der Waals surface area contributed by atoms with Crippen LogP contribution < -0.4 is 4.74 Å². The quantitative estimate of drug-likeness (QED) is 0.845. The lowest BCUT2D eigenvalue weighted by Crippen LogP contribution is -2.37. The molecule has 1 aromatic rings. The van der Waals surface area contributed by atoms with Gasteiger partial charge >= 0.3 is 0 Å². The summed E-state index contributed by atoms with van der Waals surface area (Å²) in [7, 11) is 0.